The van der Waals surface area contributed by atoms with Crippen molar-refractivity contribution in [1.29, 1.82) is 0 Å². The number of benzene rings is 1. The lowest BCUT2D eigenvalue weighted by Crippen LogP contribution is -2.40. The van der Waals surface area contributed by atoms with Crippen molar-refractivity contribution in [1.82, 2.24) is 0 Å². The number of rotatable bonds is 1. The van der Waals surface area contributed by atoms with Crippen molar-refractivity contribution in [3.63, 3.8) is 0 Å². The van der Waals surface area contributed by atoms with E-state index in [-0.39, 0.29) is 34.0 Å². The fourth-order valence-electron chi connectivity index (χ4n) is 3.80. The molecule has 122 valence electrons. The lowest BCUT2D eigenvalue weighted by Gasteiger charge is -2.48. The predicted octanol–water partition coefficient (Wildman–Crippen LogP) is 4.64. The Morgan fingerprint density at radius 2 is 1.78 bits per heavy atom. The minimum absolute atomic E-state index is 0.0653. The van der Waals surface area contributed by atoms with E-state index in [9.17, 15) is 15.0 Å². The molecule has 0 aromatic heterocycles. The molecule has 0 saturated carbocycles. The lowest BCUT2D eigenvalue weighted by molar-refractivity contribution is -0.118. The number of carbonyl (C=O) groups is 1. The number of hydrogen-bond acceptors (Lipinski definition) is 3. The van der Waals surface area contributed by atoms with Crippen molar-refractivity contribution in [3.05, 3.63) is 34.9 Å². The van der Waals surface area contributed by atoms with Crippen LogP contribution in [0, 0.1) is 10.8 Å². The highest BCUT2D eigenvalue weighted by Crippen LogP contribution is 2.59. The molecule has 23 heavy (non-hydrogen) atoms. The van der Waals surface area contributed by atoms with Crippen LogP contribution in [0.1, 0.15) is 63.6 Å². The summed E-state index contributed by atoms with van der Waals surface area (Å²) in [6.07, 6.45) is 6.26. The third-order valence-corrected chi connectivity index (χ3v) is 5.71. The smallest absolute Gasteiger partial charge is 0.166 e. The predicted molar refractivity (Wildman–Crippen MR) is 92.4 cm³/mol. The Bertz CT molecular complexity index is 766. The Labute approximate surface area is 137 Å². The molecule has 3 rings (SSSR count). The highest BCUT2D eigenvalue weighted by molar-refractivity contribution is 6.04. The van der Waals surface area contributed by atoms with Gasteiger partial charge in [-0.3, -0.25) is 4.79 Å². The monoisotopic (exact) mass is 312 g/mol. The molecule has 2 N–H and O–H groups in total. The molecule has 0 fully saturated rings. The summed E-state index contributed by atoms with van der Waals surface area (Å²) in [6.45, 7) is 10.2. The first kappa shape index (κ1) is 15.9. The maximum Gasteiger partial charge on any atom is 0.166 e. The minimum Gasteiger partial charge on any atom is -0.504 e. The Kier molecular flexibility index (Phi) is 3.26. The van der Waals surface area contributed by atoms with Gasteiger partial charge in [-0.1, -0.05) is 46.8 Å². The zero-order valence-corrected chi connectivity index (χ0v) is 14.4. The molecule has 0 bridgehead atoms. The number of allylic oxidation sites excluding steroid dienone is 3. The van der Waals surface area contributed by atoms with Gasteiger partial charge in [0.05, 0.1) is 0 Å². The van der Waals surface area contributed by atoms with Crippen molar-refractivity contribution in [2.75, 3.05) is 0 Å². The molecule has 1 atom stereocenters. The molecule has 3 heteroatoms. The first-order valence-corrected chi connectivity index (χ1v) is 8.12. The first-order valence-electron chi connectivity index (χ1n) is 8.12. The van der Waals surface area contributed by atoms with E-state index in [1.54, 1.807) is 6.08 Å². The number of phenols is 2. The van der Waals surface area contributed by atoms with Gasteiger partial charge in [0, 0.05) is 23.0 Å². The molecule has 0 amide bonds. The molecular weight excluding hydrogens is 288 g/mol. The number of fused-ring (bicyclic) bond motifs is 3. The summed E-state index contributed by atoms with van der Waals surface area (Å²) in [6, 6.07) is 1.91. The summed E-state index contributed by atoms with van der Waals surface area (Å²) in [7, 11) is 0. The molecule has 0 spiro atoms. The molecule has 0 saturated heterocycles. The third kappa shape index (κ3) is 2.06. The second kappa shape index (κ2) is 4.73. The Morgan fingerprint density at radius 1 is 1.13 bits per heavy atom. The number of aromatic hydroxyl groups is 2. The SMILES string of the molecule is CC(C)c1cc2c(c(O)c1O)C1=CC(=O)CC(C)(C)C1(C)C=C2. The van der Waals surface area contributed by atoms with Gasteiger partial charge in [0.15, 0.2) is 17.3 Å². The first-order chi connectivity index (χ1) is 10.6. The molecule has 2 aliphatic rings. The van der Waals surface area contributed by atoms with Crippen LogP contribution in [0.3, 0.4) is 0 Å². The van der Waals surface area contributed by atoms with Crippen molar-refractivity contribution < 1.29 is 15.0 Å². The van der Waals surface area contributed by atoms with Gasteiger partial charge in [-0.25, -0.2) is 0 Å². The number of phenolic OH excluding ortho intramolecular Hbond substituents is 2. The number of carbonyl (C=O) groups excluding carboxylic acids is 1. The summed E-state index contributed by atoms with van der Waals surface area (Å²) in [4.78, 5) is 12.2. The summed E-state index contributed by atoms with van der Waals surface area (Å²) < 4.78 is 0. The lowest BCUT2D eigenvalue weighted by atomic mass is 9.54. The van der Waals surface area contributed by atoms with E-state index in [0.29, 0.717) is 12.0 Å². The van der Waals surface area contributed by atoms with Gasteiger partial charge >= 0.3 is 0 Å². The van der Waals surface area contributed by atoms with Gasteiger partial charge in [-0.2, -0.15) is 0 Å². The van der Waals surface area contributed by atoms with Gasteiger partial charge in [-0.05, 0) is 34.6 Å². The average Bonchev–Trinajstić information content (AvgIpc) is 2.43. The average molecular weight is 312 g/mol. The summed E-state index contributed by atoms with van der Waals surface area (Å²) in [5.74, 6) is -0.0199. The number of hydrogen-bond donors (Lipinski definition) is 2. The number of ketones is 1. The van der Waals surface area contributed by atoms with E-state index in [1.807, 2.05) is 26.0 Å². The highest BCUT2D eigenvalue weighted by Gasteiger charge is 2.49. The van der Waals surface area contributed by atoms with Crippen molar-refractivity contribution in [2.45, 2.75) is 47.0 Å². The van der Waals surface area contributed by atoms with Crippen LogP contribution in [0.4, 0.5) is 0 Å². The quantitative estimate of drug-likeness (QED) is 0.743. The zero-order chi connectivity index (χ0) is 17.2. The van der Waals surface area contributed by atoms with Crippen LogP contribution in [0.2, 0.25) is 0 Å². The van der Waals surface area contributed by atoms with Crippen LogP contribution >= 0.6 is 0 Å². The highest BCUT2D eigenvalue weighted by atomic mass is 16.3. The van der Waals surface area contributed by atoms with Crippen LogP contribution < -0.4 is 0 Å². The topological polar surface area (TPSA) is 57.5 Å². The second-order valence-electron chi connectivity index (χ2n) is 7.90. The van der Waals surface area contributed by atoms with Crippen molar-refractivity contribution in [3.8, 4) is 11.5 Å². The molecule has 1 aromatic rings. The normalized spacial score (nSPS) is 25.1. The molecule has 3 nitrogen and oxygen atoms in total. The van der Waals surface area contributed by atoms with E-state index in [4.69, 9.17) is 0 Å². The van der Waals surface area contributed by atoms with Gasteiger partial charge in [-0.15, -0.1) is 0 Å². The maximum absolute atomic E-state index is 12.2. The van der Waals surface area contributed by atoms with E-state index in [2.05, 4.69) is 26.8 Å². The third-order valence-electron chi connectivity index (χ3n) is 5.71. The zero-order valence-electron chi connectivity index (χ0n) is 14.4. The fraction of sp³-hybridized carbons (Fsp3) is 0.450. The van der Waals surface area contributed by atoms with Crippen LogP contribution in [-0.2, 0) is 4.79 Å². The Morgan fingerprint density at radius 3 is 2.39 bits per heavy atom. The molecule has 0 heterocycles. The van der Waals surface area contributed by atoms with Crippen LogP contribution in [0.25, 0.3) is 11.6 Å². The van der Waals surface area contributed by atoms with E-state index < -0.39 is 0 Å². The fourth-order valence-corrected chi connectivity index (χ4v) is 3.80. The van der Waals surface area contributed by atoms with Crippen LogP contribution in [-0.4, -0.2) is 16.0 Å². The molecular formula is C20H24O3. The van der Waals surface area contributed by atoms with Gasteiger partial charge in [0.1, 0.15) is 0 Å². The largest absolute Gasteiger partial charge is 0.504 e. The summed E-state index contributed by atoms with van der Waals surface area (Å²) >= 11 is 0. The van der Waals surface area contributed by atoms with Crippen molar-refractivity contribution in [2.24, 2.45) is 10.8 Å². The maximum atomic E-state index is 12.2. The van der Waals surface area contributed by atoms with Crippen LogP contribution in [0.5, 0.6) is 11.5 Å². The molecule has 0 aliphatic heterocycles. The van der Waals surface area contributed by atoms with Gasteiger partial charge in [0.25, 0.3) is 0 Å². The molecule has 0 radical (unpaired) electrons. The molecule has 1 aromatic carbocycles. The van der Waals surface area contributed by atoms with Gasteiger partial charge in [0.2, 0.25) is 0 Å². The van der Waals surface area contributed by atoms with Crippen molar-refractivity contribution >= 4 is 17.4 Å². The van der Waals surface area contributed by atoms with Crippen LogP contribution in [0.15, 0.2) is 18.2 Å². The van der Waals surface area contributed by atoms with Gasteiger partial charge < -0.3 is 10.2 Å². The van der Waals surface area contributed by atoms with E-state index in [0.717, 1.165) is 16.7 Å². The summed E-state index contributed by atoms with van der Waals surface area (Å²) in [5, 5.41) is 21.1. The summed E-state index contributed by atoms with van der Waals surface area (Å²) in [5.41, 5.74) is 2.38. The Balaban J connectivity index is 2.34. The standard InChI is InChI=1S/C20H24O3/c1-11(2)14-8-12-6-7-20(5)15(16(12)18(23)17(14)22)9-13(21)10-19(20,3)4/h6-9,11,22-23H,10H2,1-5H3. The minimum atomic E-state index is -0.350. The molecule has 2 aliphatic carbocycles. The Hall–Kier alpha value is -2.03. The van der Waals surface area contributed by atoms with E-state index in [1.165, 1.54) is 0 Å². The molecule has 1 unspecified atom stereocenters. The second-order valence-corrected chi connectivity index (χ2v) is 7.90. The van der Waals surface area contributed by atoms with E-state index >= 15 is 0 Å².